The molecule has 0 nitrogen and oxygen atoms in total. The van der Waals surface area contributed by atoms with E-state index in [1.54, 1.807) is 0 Å². The summed E-state index contributed by atoms with van der Waals surface area (Å²) < 4.78 is 0. The van der Waals surface area contributed by atoms with E-state index < -0.39 is 0 Å². The van der Waals surface area contributed by atoms with Crippen LogP contribution in [0.15, 0.2) is 60.7 Å². The fourth-order valence-corrected chi connectivity index (χ4v) is 3.71. The lowest BCUT2D eigenvalue weighted by atomic mass is 9.60. The van der Waals surface area contributed by atoms with Crippen molar-refractivity contribution in [2.75, 3.05) is 0 Å². The van der Waals surface area contributed by atoms with Crippen LogP contribution in [0.3, 0.4) is 0 Å². The van der Waals surface area contributed by atoms with E-state index in [2.05, 4.69) is 102 Å². The van der Waals surface area contributed by atoms with Crippen LogP contribution in [-0.4, -0.2) is 0 Å². The van der Waals surface area contributed by atoms with Gasteiger partial charge in [-0.1, -0.05) is 130 Å². The standard InChI is InChI=1S/C22H30.2C2H6/c1-21(2,3)19(17-13-9-7-10-14-17)20(22(4,5)6)18-15-11-8-12-16-18;2*1-2/h7-16,19-20H,1-6H3;2*1-2H3/t19-,20-;;/m0../s1. The Kier molecular flexibility index (Phi) is 10.5. The molecule has 2 aromatic carbocycles. The highest BCUT2D eigenvalue weighted by Gasteiger charge is 2.40. The molecule has 26 heavy (non-hydrogen) atoms. The highest BCUT2D eigenvalue weighted by Crippen LogP contribution is 2.52. The van der Waals surface area contributed by atoms with Crippen molar-refractivity contribution in [1.82, 2.24) is 0 Å². The summed E-state index contributed by atoms with van der Waals surface area (Å²) in [5.41, 5.74) is 3.29. The fourth-order valence-electron chi connectivity index (χ4n) is 3.71. The van der Waals surface area contributed by atoms with E-state index in [1.807, 2.05) is 27.7 Å². The first kappa shape index (κ1) is 24.4. The smallest absolute Gasteiger partial charge is 0.00394 e. The van der Waals surface area contributed by atoms with E-state index in [1.165, 1.54) is 11.1 Å². The largest absolute Gasteiger partial charge is 0.0683 e. The Balaban J connectivity index is 0.00000146. The van der Waals surface area contributed by atoms with Crippen molar-refractivity contribution < 1.29 is 0 Å². The minimum atomic E-state index is 0.204. The first-order valence-electron chi connectivity index (χ1n) is 10.3. The topological polar surface area (TPSA) is 0 Å². The Morgan fingerprint density at radius 3 is 0.885 bits per heavy atom. The Labute approximate surface area is 164 Å². The predicted octanol–water partition coefficient (Wildman–Crippen LogP) is 8.70. The van der Waals surface area contributed by atoms with Crippen molar-refractivity contribution in [2.45, 2.75) is 81.1 Å². The molecule has 0 spiro atoms. The summed E-state index contributed by atoms with van der Waals surface area (Å²) in [6.45, 7) is 22.2. The number of hydrogen-bond donors (Lipinski definition) is 0. The van der Waals surface area contributed by atoms with Crippen LogP contribution in [0.4, 0.5) is 0 Å². The van der Waals surface area contributed by atoms with Gasteiger partial charge in [0.25, 0.3) is 0 Å². The Morgan fingerprint density at radius 2 is 0.692 bits per heavy atom. The van der Waals surface area contributed by atoms with Gasteiger partial charge in [-0.25, -0.2) is 0 Å². The molecule has 0 bridgehead atoms. The average Bonchev–Trinajstić information content (AvgIpc) is 2.62. The minimum absolute atomic E-state index is 0.204. The van der Waals surface area contributed by atoms with Gasteiger partial charge in [0.15, 0.2) is 0 Å². The molecule has 0 saturated carbocycles. The summed E-state index contributed by atoms with van der Waals surface area (Å²) in [5.74, 6) is 0.965. The van der Waals surface area contributed by atoms with Crippen LogP contribution < -0.4 is 0 Å². The lowest BCUT2D eigenvalue weighted by Gasteiger charge is -2.44. The number of hydrogen-bond acceptors (Lipinski definition) is 0. The molecule has 0 N–H and O–H groups in total. The molecule has 0 heteroatoms. The molecule has 0 heterocycles. The van der Waals surface area contributed by atoms with Gasteiger partial charge in [0, 0.05) is 0 Å². The molecule has 0 aliphatic carbocycles. The van der Waals surface area contributed by atoms with Crippen LogP contribution in [-0.2, 0) is 0 Å². The van der Waals surface area contributed by atoms with E-state index in [0.29, 0.717) is 11.8 Å². The molecule has 2 atom stereocenters. The summed E-state index contributed by atoms with van der Waals surface area (Å²) in [7, 11) is 0. The van der Waals surface area contributed by atoms with Gasteiger partial charge in [-0.15, -0.1) is 0 Å². The van der Waals surface area contributed by atoms with Crippen molar-refractivity contribution in [1.29, 1.82) is 0 Å². The maximum atomic E-state index is 2.37. The van der Waals surface area contributed by atoms with Crippen LogP contribution in [0.25, 0.3) is 0 Å². The molecule has 0 aliphatic heterocycles. The van der Waals surface area contributed by atoms with Gasteiger partial charge < -0.3 is 0 Å². The van der Waals surface area contributed by atoms with Crippen molar-refractivity contribution in [2.24, 2.45) is 10.8 Å². The van der Waals surface area contributed by atoms with E-state index in [4.69, 9.17) is 0 Å². The monoisotopic (exact) mass is 354 g/mol. The SMILES string of the molecule is CC.CC.CC(C)(C)[C@@H](c1ccccc1)[C@H](c1ccccc1)C(C)(C)C. The normalized spacial score (nSPS) is 13.5. The van der Waals surface area contributed by atoms with Crippen LogP contribution >= 0.6 is 0 Å². The van der Waals surface area contributed by atoms with Gasteiger partial charge in [0.2, 0.25) is 0 Å². The zero-order valence-electron chi connectivity index (χ0n) is 18.9. The zero-order chi connectivity index (χ0) is 20.4. The molecule has 0 radical (unpaired) electrons. The molecule has 0 unspecified atom stereocenters. The van der Waals surface area contributed by atoms with Gasteiger partial charge >= 0.3 is 0 Å². The molecule has 0 saturated heterocycles. The van der Waals surface area contributed by atoms with Crippen molar-refractivity contribution in [3.63, 3.8) is 0 Å². The summed E-state index contributed by atoms with van der Waals surface area (Å²) in [6, 6.07) is 22.0. The van der Waals surface area contributed by atoms with Gasteiger partial charge in [0.1, 0.15) is 0 Å². The highest BCUT2D eigenvalue weighted by atomic mass is 14.4. The maximum Gasteiger partial charge on any atom is -0.00394 e. The average molecular weight is 355 g/mol. The number of rotatable bonds is 3. The van der Waals surface area contributed by atoms with E-state index in [0.717, 1.165) is 0 Å². The molecule has 0 aromatic heterocycles. The zero-order valence-corrected chi connectivity index (χ0v) is 18.9. The van der Waals surface area contributed by atoms with Crippen molar-refractivity contribution >= 4 is 0 Å². The first-order valence-corrected chi connectivity index (χ1v) is 10.3. The number of benzene rings is 2. The Morgan fingerprint density at radius 1 is 0.462 bits per heavy atom. The van der Waals surface area contributed by atoms with E-state index >= 15 is 0 Å². The lowest BCUT2D eigenvalue weighted by Crippen LogP contribution is -2.32. The van der Waals surface area contributed by atoms with Crippen LogP contribution in [0.5, 0.6) is 0 Å². The second-order valence-electron chi connectivity index (χ2n) is 8.51. The third kappa shape index (κ3) is 6.98. The van der Waals surface area contributed by atoms with Crippen LogP contribution in [0.1, 0.15) is 92.2 Å². The summed E-state index contributed by atoms with van der Waals surface area (Å²) >= 11 is 0. The lowest BCUT2D eigenvalue weighted by molar-refractivity contribution is 0.186. The summed E-state index contributed by atoms with van der Waals surface area (Å²) in [6.07, 6.45) is 0. The minimum Gasteiger partial charge on any atom is -0.0683 e. The third-order valence-electron chi connectivity index (χ3n) is 4.52. The molecular weight excluding hydrogens is 312 g/mol. The second-order valence-corrected chi connectivity index (χ2v) is 8.51. The molecule has 146 valence electrons. The molecular formula is C26H42. The molecule has 0 aliphatic rings. The van der Waals surface area contributed by atoms with Gasteiger partial charge in [-0.05, 0) is 33.8 Å². The first-order chi connectivity index (χ1) is 12.2. The van der Waals surface area contributed by atoms with Gasteiger partial charge in [-0.2, -0.15) is 0 Å². The van der Waals surface area contributed by atoms with Crippen molar-refractivity contribution in [3.8, 4) is 0 Å². The fraction of sp³-hybridized carbons (Fsp3) is 0.538. The van der Waals surface area contributed by atoms with E-state index in [9.17, 15) is 0 Å². The van der Waals surface area contributed by atoms with Crippen LogP contribution in [0.2, 0.25) is 0 Å². The van der Waals surface area contributed by atoms with Crippen LogP contribution in [0, 0.1) is 10.8 Å². The van der Waals surface area contributed by atoms with Crippen molar-refractivity contribution in [3.05, 3.63) is 71.8 Å². The highest BCUT2D eigenvalue weighted by molar-refractivity contribution is 5.32. The van der Waals surface area contributed by atoms with Gasteiger partial charge in [-0.3, -0.25) is 0 Å². The molecule has 0 fully saturated rings. The van der Waals surface area contributed by atoms with E-state index in [-0.39, 0.29) is 10.8 Å². The maximum absolute atomic E-state index is 2.37. The third-order valence-corrected chi connectivity index (χ3v) is 4.52. The molecule has 2 aromatic rings. The second kappa shape index (κ2) is 11.2. The molecule has 2 rings (SSSR count). The molecule has 0 amide bonds. The summed E-state index contributed by atoms with van der Waals surface area (Å²) in [5, 5.41) is 0. The quantitative estimate of drug-likeness (QED) is 0.517. The van der Waals surface area contributed by atoms with Gasteiger partial charge in [0.05, 0.1) is 0 Å². The Bertz CT molecular complexity index is 511. The summed E-state index contributed by atoms with van der Waals surface area (Å²) in [4.78, 5) is 0. The predicted molar refractivity (Wildman–Crippen MR) is 120 cm³/mol. The Hall–Kier alpha value is -1.56.